The number of aromatic nitrogens is 2. The number of hydrogen-bond donors (Lipinski definition) is 1. The highest BCUT2D eigenvalue weighted by Crippen LogP contribution is 2.30. The van der Waals surface area contributed by atoms with Gasteiger partial charge in [0.2, 0.25) is 0 Å². The second-order valence-corrected chi connectivity index (χ2v) is 5.85. The lowest BCUT2D eigenvalue weighted by atomic mass is 9.99. The number of hydrogen-bond acceptors (Lipinski definition) is 2. The zero-order chi connectivity index (χ0) is 17.3. The molecule has 3 rings (SSSR count). The summed E-state index contributed by atoms with van der Waals surface area (Å²) in [7, 11) is 0. The normalized spacial score (nSPS) is 12.1. The Labute approximate surface area is 143 Å². The number of halogens is 2. The van der Waals surface area contributed by atoms with Gasteiger partial charge in [-0.2, -0.15) is 5.10 Å². The van der Waals surface area contributed by atoms with Gasteiger partial charge in [0.05, 0.1) is 17.3 Å². The first-order valence-corrected chi connectivity index (χ1v) is 7.68. The molecule has 0 amide bonds. The third-order valence-electron chi connectivity index (χ3n) is 3.77. The zero-order valence-electron chi connectivity index (χ0n) is 12.8. The molecule has 0 saturated heterocycles. The van der Waals surface area contributed by atoms with Gasteiger partial charge < -0.3 is 5.11 Å². The van der Waals surface area contributed by atoms with Crippen LogP contribution in [0.3, 0.4) is 0 Å². The molecule has 3 aromatic rings. The minimum absolute atomic E-state index is 0.344. The van der Waals surface area contributed by atoms with Crippen LogP contribution in [0, 0.1) is 5.82 Å². The maximum atomic E-state index is 13.1. The van der Waals surface area contributed by atoms with Crippen LogP contribution in [0.2, 0.25) is 5.02 Å². The minimum atomic E-state index is -0.963. The van der Waals surface area contributed by atoms with Crippen LogP contribution in [-0.4, -0.2) is 20.9 Å². The van der Waals surface area contributed by atoms with Crippen molar-refractivity contribution in [3.05, 3.63) is 71.3 Å². The minimum Gasteiger partial charge on any atom is -0.481 e. The molecule has 1 unspecified atom stereocenters. The van der Waals surface area contributed by atoms with E-state index in [0.717, 1.165) is 5.56 Å². The summed E-state index contributed by atoms with van der Waals surface area (Å²) in [5.41, 5.74) is 2.60. The maximum Gasteiger partial charge on any atom is 0.312 e. The van der Waals surface area contributed by atoms with Gasteiger partial charge in [0.15, 0.2) is 0 Å². The first-order chi connectivity index (χ1) is 11.5. The Bertz CT molecular complexity index is 873. The molecular weight excluding hydrogens is 331 g/mol. The average molecular weight is 345 g/mol. The zero-order valence-corrected chi connectivity index (χ0v) is 13.5. The predicted octanol–water partition coefficient (Wildman–Crippen LogP) is 4.52. The number of carboxylic acids is 1. The molecule has 0 spiro atoms. The topological polar surface area (TPSA) is 55.1 Å². The fourth-order valence-corrected chi connectivity index (χ4v) is 2.53. The highest BCUT2D eigenvalue weighted by molar-refractivity contribution is 6.30. The number of benzene rings is 2. The summed E-state index contributed by atoms with van der Waals surface area (Å²) in [6.45, 7) is 1.58. The van der Waals surface area contributed by atoms with Gasteiger partial charge in [0.1, 0.15) is 5.82 Å². The first-order valence-electron chi connectivity index (χ1n) is 7.30. The third-order valence-corrected chi connectivity index (χ3v) is 4.02. The number of aliphatic carboxylic acids is 1. The third kappa shape index (κ3) is 3.16. The number of nitrogens with zero attached hydrogens (tertiary/aromatic N) is 2. The van der Waals surface area contributed by atoms with Gasteiger partial charge in [-0.15, -0.1) is 0 Å². The molecule has 1 atom stereocenters. The second-order valence-electron chi connectivity index (χ2n) is 5.42. The van der Waals surface area contributed by atoms with Crippen LogP contribution in [0.1, 0.15) is 18.5 Å². The molecule has 0 aliphatic heterocycles. The molecule has 122 valence electrons. The van der Waals surface area contributed by atoms with Crippen molar-refractivity contribution >= 4 is 17.6 Å². The average Bonchev–Trinajstić information content (AvgIpc) is 3.00. The Kier molecular flexibility index (Phi) is 4.36. The van der Waals surface area contributed by atoms with Gasteiger partial charge in [0.25, 0.3) is 0 Å². The van der Waals surface area contributed by atoms with Crippen molar-refractivity contribution in [2.24, 2.45) is 0 Å². The lowest BCUT2D eigenvalue weighted by Gasteiger charge is -2.06. The van der Waals surface area contributed by atoms with Gasteiger partial charge >= 0.3 is 5.97 Å². The molecule has 6 heteroatoms. The molecule has 1 aromatic heterocycles. The summed E-state index contributed by atoms with van der Waals surface area (Å²) in [5, 5.41) is 14.4. The Morgan fingerprint density at radius 2 is 1.79 bits per heavy atom. The quantitative estimate of drug-likeness (QED) is 0.757. The summed E-state index contributed by atoms with van der Waals surface area (Å²) in [6, 6.07) is 12.9. The molecule has 1 N–H and O–H groups in total. The lowest BCUT2D eigenvalue weighted by Crippen LogP contribution is -2.09. The monoisotopic (exact) mass is 344 g/mol. The molecule has 0 saturated carbocycles. The SMILES string of the molecule is CC(C(=O)O)c1nn(-c2ccc(F)cc2)cc1-c1ccc(Cl)cc1. The van der Waals surface area contributed by atoms with Crippen molar-refractivity contribution in [3.8, 4) is 16.8 Å². The number of carboxylic acid groups (broad SMARTS) is 1. The Morgan fingerprint density at radius 1 is 1.17 bits per heavy atom. The number of carbonyl (C=O) groups is 1. The van der Waals surface area contributed by atoms with Crippen molar-refractivity contribution in [2.45, 2.75) is 12.8 Å². The van der Waals surface area contributed by atoms with E-state index in [0.29, 0.717) is 22.0 Å². The van der Waals surface area contributed by atoms with E-state index in [-0.39, 0.29) is 5.82 Å². The van der Waals surface area contributed by atoms with E-state index in [4.69, 9.17) is 11.6 Å². The number of rotatable bonds is 4. The largest absolute Gasteiger partial charge is 0.481 e. The molecule has 0 aliphatic rings. The van der Waals surface area contributed by atoms with E-state index in [1.807, 2.05) is 12.1 Å². The van der Waals surface area contributed by atoms with Gasteiger partial charge in [0, 0.05) is 16.8 Å². The summed E-state index contributed by atoms with van der Waals surface area (Å²) in [5.74, 6) is -2.09. The molecule has 0 aliphatic carbocycles. The van der Waals surface area contributed by atoms with Crippen LogP contribution < -0.4 is 0 Å². The standard InChI is InChI=1S/C18H14ClFN2O2/c1-11(18(23)24)17-16(12-2-4-13(19)5-3-12)10-22(21-17)15-8-6-14(20)7-9-15/h2-11H,1H3,(H,23,24). The maximum absolute atomic E-state index is 13.1. The van der Waals surface area contributed by atoms with Crippen LogP contribution in [0.15, 0.2) is 54.7 Å². The molecule has 1 heterocycles. The van der Waals surface area contributed by atoms with Crippen molar-refractivity contribution in [3.63, 3.8) is 0 Å². The van der Waals surface area contributed by atoms with E-state index in [2.05, 4.69) is 5.10 Å². The van der Waals surface area contributed by atoms with Gasteiger partial charge in [-0.25, -0.2) is 9.07 Å². The van der Waals surface area contributed by atoms with Gasteiger partial charge in [-0.1, -0.05) is 23.7 Å². The molecule has 4 nitrogen and oxygen atoms in total. The fourth-order valence-electron chi connectivity index (χ4n) is 2.40. The Hall–Kier alpha value is -2.66. The van der Waals surface area contributed by atoms with Crippen LogP contribution in [0.5, 0.6) is 0 Å². The predicted molar refractivity (Wildman–Crippen MR) is 90.0 cm³/mol. The first kappa shape index (κ1) is 16.2. The van der Waals surface area contributed by atoms with Crippen molar-refractivity contribution < 1.29 is 14.3 Å². The van der Waals surface area contributed by atoms with Crippen molar-refractivity contribution in [1.29, 1.82) is 0 Å². The molecule has 0 bridgehead atoms. The lowest BCUT2D eigenvalue weighted by molar-refractivity contribution is -0.138. The fraction of sp³-hybridized carbons (Fsp3) is 0.111. The van der Waals surface area contributed by atoms with E-state index >= 15 is 0 Å². The molecular formula is C18H14ClFN2O2. The molecule has 0 radical (unpaired) electrons. The molecule has 2 aromatic carbocycles. The van der Waals surface area contributed by atoms with E-state index in [9.17, 15) is 14.3 Å². The summed E-state index contributed by atoms with van der Waals surface area (Å²) >= 11 is 5.92. The van der Waals surface area contributed by atoms with Crippen LogP contribution in [0.25, 0.3) is 16.8 Å². The summed E-state index contributed by atoms with van der Waals surface area (Å²) in [6.07, 6.45) is 1.74. The van der Waals surface area contributed by atoms with E-state index in [1.165, 1.54) is 12.1 Å². The van der Waals surface area contributed by atoms with Crippen molar-refractivity contribution in [2.75, 3.05) is 0 Å². The van der Waals surface area contributed by atoms with E-state index < -0.39 is 11.9 Å². The van der Waals surface area contributed by atoms with Gasteiger partial charge in [-0.3, -0.25) is 4.79 Å². The summed E-state index contributed by atoms with van der Waals surface area (Å²) < 4.78 is 14.7. The smallest absolute Gasteiger partial charge is 0.312 e. The second kappa shape index (κ2) is 6.45. The molecule has 0 fully saturated rings. The van der Waals surface area contributed by atoms with Gasteiger partial charge in [-0.05, 0) is 48.9 Å². The highest BCUT2D eigenvalue weighted by atomic mass is 35.5. The highest BCUT2D eigenvalue weighted by Gasteiger charge is 2.23. The van der Waals surface area contributed by atoms with E-state index in [1.54, 1.807) is 42.1 Å². The van der Waals surface area contributed by atoms with Crippen LogP contribution >= 0.6 is 11.6 Å². The van der Waals surface area contributed by atoms with Crippen LogP contribution in [0.4, 0.5) is 4.39 Å². The summed E-state index contributed by atoms with van der Waals surface area (Å²) in [4.78, 5) is 11.4. The Morgan fingerprint density at radius 3 is 2.38 bits per heavy atom. The van der Waals surface area contributed by atoms with Crippen molar-refractivity contribution in [1.82, 2.24) is 9.78 Å². The Balaban J connectivity index is 2.13. The van der Waals surface area contributed by atoms with Crippen LogP contribution in [-0.2, 0) is 4.79 Å². The molecule has 24 heavy (non-hydrogen) atoms.